The lowest BCUT2D eigenvalue weighted by Gasteiger charge is -2.36. The largest absolute Gasteiger partial charge is 1.00 e. The van der Waals surface area contributed by atoms with Crippen molar-refractivity contribution in [3.05, 3.63) is 0 Å². The van der Waals surface area contributed by atoms with Crippen LogP contribution >= 0.6 is 0 Å². The number of quaternary nitrogens is 1. The molecule has 0 heterocycles. The molecule has 8 nitrogen and oxygen atoms in total. The van der Waals surface area contributed by atoms with Crippen molar-refractivity contribution >= 4 is 17.9 Å². The van der Waals surface area contributed by atoms with E-state index in [9.17, 15) is 14.4 Å². The second kappa shape index (κ2) is 45.8. The molecule has 0 aliphatic carbocycles. The summed E-state index contributed by atoms with van der Waals surface area (Å²) in [6.07, 6.45) is 42.6. The molecule has 0 bridgehead atoms. The fourth-order valence-electron chi connectivity index (χ4n) is 8.45. The molecule has 0 aromatic carbocycles. The van der Waals surface area contributed by atoms with E-state index in [-0.39, 0.29) is 50.1 Å². The molecule has 0 aliphatic heterocycles. The fourth-order valence-corrected chi connectivity index (χ4v) is 8.45. The van der Waals surface area contributed by atoms with Crippen LogP contribution in [0, 0.1) is 5.41 Å². The van der Waals surface area contributed by atoms with Crippen molar-refractivity contribution in [1.82, 2.24) is 4.90 Å². The van der Waals surface area contributed by atoms with Crippen LogP contribution in [-0.2, 0) is 28.6 Å². The second-order valence-electron chi connectivity index (χ2n) is 20.4. The van der Waals surface area contributed by atoms with Crippen LogP contribution in [0.2, 0.25) is 0 Å². The van der Waals surface area contributed by atoms with Crippen LogP contribution in [0.5, 0.6) is 0 Å². The van der Waals surface area contributed by atoms with Gasteiger partial charge in [-0.25, -0.2) is 0 Å². The molecule has 0 spiro atoms. The van der Waals surface area contributed by atoms with Crippen molar-refractivity contribution in [1.29, 1.82) is 0 Å². The van der Waals surface area contributed by atoms with Crippen molar-refractivity contribution in [3.8, 4) is 0 Å². The zero-order chi connectivity index (χ0) is 45.8. The molecule has 0 rings (SSSR count). The highest BCUT2D eigenvalue weighted by Crippen LogP contribution is 2.24. The van der Waals surface area contributed by atoms with Gasteiger partial charge in [0, 0.05) is 38.8 Å². The van der Waals surface area contributed by atoms with E-state index in [0.29, 0.717) is 25.8 Å². The molecule has 63 heavy (non-hydrogen) atoms. The summed E-state index contributed by atoms with van der Waals surface area (Å²) in [4.78, 5) is 41.8. The first kappa shape index (κ1) is 63.7. The summed E-state index contributed by atoms with van der Waals surface area (Å²) >= 11 is 0. The Labute approximate surface area is 398 Å². The van der Waals surface area contributed by atoms with Crippen molar-refractivity contribution < 1.29 is 45.5 Å². The number of hydrogen-bond donors (Lipinski definition) is 0. The molecule has 0 amide bonds. The normalized spacial score (nSPS) is 11.8. The minimum Gasteiger partial charge on any atom is -1.00 e. The third-order valence-corrected chi connectivity index (χ3v) is 12.5. The summed E-state index contributed by atoms with van der Waals surface area (Å²) in [7, 11) is 8.66. The monoisotopic (exact) mass is 915 g/mol. The predicted molar refractivity (Wildman–Crippen MR) is 264 cm³/mol. The van der Waals surface area contributed by atoms with Gasteiger partial charge in [0.25, 0.3) is 0 Å². The molecule has 9 heteroatoms. The average Bonchev–Trinajstić information content (AvgIpc) is 3.23. The van der Waals surface area contributed by atoms with E-state index >= 15 is 0 Å². The maximum atomic E-state index is 13.2. The highest BCUT2D eigenvalue weighted by Gasteiger charge is 2.37. The van der Waals surface area contributed by atoms with Crippen molar-refractivity contribution in [3.63, 3.8) is 0 Å². The first-order valence-electron chi connectivity index (χ1n) is 26.9. The van der Waals surface area contributed by atoms with Crippen LogP contribution in [0.1, 0.15) is 258 Å². The summed E-state index contributed by atoms with van der Waals surface area (Å²) < 4.78 is 18.9. The Morgan fingerprint density at radius 3 is 0.873 bits per heavy atom. The Hall–Kier alpha value is -1.38. The van der Waals surface area contributed by atoms with E-state index < -0.39 is 5.41 Å². The van der Waals surface area contributed by atoms with Gasteiger partial charge in [-0.05, 0) is 26.3 Å². The summed E-state index contributed by atoms with van der Waals surface area (Å²) in [6, 6.07) is 0. The number of hydrogen-bond acceptors (Lipinski definition) is 7. The smallest absolute Gasteiger partial charge is 0.305 e. The standard InChI is InChI=1S/C54H107N2O6.ClH/c1-8-11-14-17-20-23-26-29-32-35-38-42-51(57)60-48-54(47-55(4)45-41-46-56(5,6)7,49-61-52(58)43-39-36-33-30-27-24-21-18-15-12-9-2)50-62-53(59)44-40-37-34-31-28-25-22-19-16-13-10-3;/h8-50H2,1-7H3;1H/q+1;/p-1. The molecule has 0 radical (unpaired) electrons. The van der Waals surface area contributed by atoms with Gasteiger partial charge in [0.1, 0.15) is 19.8 Å². The number of ether oxygens (including phenoxy) is 3. The highest BCUT2D eigenvalue weighted by molar-refractivity contribution is 5.70. The van der Waals surface area contributed by atoms with Gasteiger partial charge in [0.15, 0.2) is 0 Å². The van der Waals surface area contributed by atoms with E-state index in [4.69, 9.17) is 14.2 Å². The van der Waals surface area contributed by atoms with Crippen molar-refractivity contribution in [2.75, 3.05) is 67.6 Å². The van der Waals surface area contributed by atoms with E-state index in [1.165, 1.54) is 154 Å². The Morgan fingerprint density at radius 2 is 0.635 bits per heavy atom. The maximum absolute atomic E-state index is 13.2. The summed E-state index contributed by atoms with van der Waals surface area (Å²) in [5.74, 6) is -0.673. The third kappa shape index (κ3) is 45.6. The van der Waals surface area contributed by atoms with Gasteiger partial charge in [0.05, 0.1) is 33.1 Å². The molecule has 0 aromatic rings. The molecular formula is C54H107ClN2O6. The lowest BCUT2D eigenvalue weighted by molar-refractivity contribution is -0.870. The van der Waals surface area contributed by atoms with Crippen molar-refractivity contribution in [2.45, 2.75) is 258 Å². The van der Waals surface area contributed by atoms with Crippen LogP contribution in [-0.4, -0.2) is 94.9 Å². The van der Waals surface area contributed by atoms with Gasteiger partial charge in [-0.3, -0.25) is 14.4 Å². The first-order chi connectivity index (χ1) is 30.0. The molecule has 0 aliphatic rings. The third-order valence-electron chi connectivity index (χ3n) is 12.5. The lowest BCUT2D eigenvalue weighted by atomic mass is 9.90. The molecule has 0 atom stereocenters. The van der Waals surface area contributed by atoms with E-state index in [1.54, 1.807) is 0 Å². The summed E-state index contributed by atoms with van der Waals surface area (Å²) in [6.45, 7) is 9.30. The zero-order valence-corrected chi connectivity index (χ0v) is 43.9. The second-order valence-corrected chi connectivity index (χ2v) is 20.4. The Bertz CT molecular complexity index is 918. The Balaban J connectivity index is 0. The van der Waals surface area contributed by atoms with Gasteiger partial charge in [-0.15, -0.1) is 0 Å². The lowest BCUT2D eigenvalue weighted by Crippen LogP contribution is -3.00. The predicted octanol–water partition coefficient (Wildman–Crippen LogP) is 11.7. The highest BCUT2D eigenvalue weighted by atomic mass is 35.5. The number of nitrogens with zero attached hydrogens (tertiary/aromatic N) is 2. The minimum absolute atomic E-state index is 0. The van der Waals surface area contributed by atoms with Crippen LogP contribution in [0.4, 0.5) is 0 Å². The van der Waals surface area contributed by atoms with Gasteiger partial charge in [0.2, 0.25) is 0 Å². The molecule has 0 saturated carbocycles. The molecule has 0 unspecified atom stereocenters. The fraction of sp³-hybridized carbons (Fsp3) is 0.944. The van der Waals surface area contributed by atoms with Gasteiger partial charge in [-0.2, -0.15) is 0 Å². The number of carbonyl (C=O) groups is 3. The van der Waals surface area contributed by atoms with E-state index in [2.05, 4.69) is 53.9 Å². The van der Waals surface area contributed by atoms with E-state index in [1.807, 2.05) is 0 Å². The summed E-state index contributed by atoms with van der Waals surface area (Å²) in [5, 5.41) is 0. The number of halogens is 1. The van der Waals surface area contributed by atoms with Gasteiger partial charge >= 0.3 is 17.9 Å². The molecule has 376 valence electrons. The molecule has 0 saturated heterocycles. The Kier molecular flexibility index (Phi) is 46.3. The van der Waals surface area contributed by atoms with E-state index in [0.717, 1.165) is 81.8 Å². The minimum atomic E-state index is -0.849. The van der Waals surface area contributed by atoms with Gasteiger partial charge in [-0.1, -0.05) is 213 Å². The average molecular weight is 916 g/mol. The van der Waals surface area contributed by atoms with Crippen LogP contribution < -0.4 is 12.4 Å². The van der Waals surface area contributed by atoms with Crippen LogP contribution in [0.15, 0.2) is 0 Å². The van der Waals surface area contributed by atoms with Gasteiger partial charge < -0.3 is 36.0 Å². The van der Waals surface area contributed by atoms with Crippen LogP contribution in [0.3, 0.4) is 0 Å². The Morgan fingerprint density at radius 1 is 0.397 bits per heavy atom. The number of rotatable bonds is 48. The molecule has 0 aromatic heterocycles. The zero-order valence-electron chi connectivity index (χ0n) is 43.1. The summed E-state index contributed by atoms with van der Waals surface area (Å²) in [5.41, 5.74) is -0.849. The quantitative estimate of drug-likeness (QED) is 0.0260. The topological polar surface area (TPSA) is 82.1 Å². The SMILES string of the molecule is CCCCCCCCCCCCCC(=O)OCC(COC(=O)CCCCCCCCCCCCC)(COC(=O)CCCCCCCCCCCCC)CN(C)CCC[N+](C)(C)C.[Cl-]. The maximum Gasteiger partial charge on any atom is 0.305 e. The molecule has 0 fully saturated rings. The first-order valence-corrected chi connectivity index (χ1v) is 26.9. The number of esters is 3. The number of carbonyl (C=O) groups excluding carboxylic acids is 3. The van der Waals surface area contributed by atoms with Crippen molar-refractivity contribution in [2.24, 2.45) is 5.41 Å². The molecular weight excluding hydrogens is 808 g/mol. The molecule has 0 N–H and O–H groups in total. The number of unbranched alkanes of at least 4 members (excludes halogenated alkanes) is 30. The van der Waals surface area contributed by atoms with Crippen LogP contribution in [0.25, 0.3) is 0 Å².